The molecule has 0 saturated carbocycles. The van der Waals surface area contributed by atoms with Crippen molar-refractivity contribution < 1.29 is 19.2 Å². The molecule has 4 amide bonds. The van der Waals surface area contributed by atoms with Crippen LogP contribution in [0, 0.1) is 0 Å². The fourth-order valence-electron chi connectivity index (χ4n) is 5.35. The van der Waals surface area contributed by atoms with Gasteiger partial charge in [-0.1, -0.05) is 60.7 Å². The molecule has 0 unspecified atom stereocenters. The van der Waals surface area contributed by atoms with Gasteiger partial charge in [-0.2, -0.15) is 0 Å². The van der Waals surface area contributed by atoms with Gasteiger partial charge in [0.15, 0.2) is 0 Å². The van der Waals surface area contributed by atoms with E-state index in [1.807, 2.05) is 65.6 Å². The van der Waals surface area contributed by atoms with Crippen LogP contribution in [0.3, 0.4) is 0 Å². The summed E-state index contributed by atoms with van der Waals surface area (Å²) in [7, 11) is 0. The number of nitrogens with zero attached hydrogens (tertiary/aromatic N) is 3. The summed E-state index contributed by atoms with van der Waals surface area (Å²) in [5, 5.41) is 0. The molecule has 1 atom stereocenters. The maximum atomic E-state index is 13.4. The van der Waals surface area contributed by atoms with Gasteiger partial charge in [0.2, 0.25) is 11.8 Å². The van der Waals surface area contributed by atoms with Gasteiger partial charge in [-0.25, -0.2) is 0 Å². The van der Waals surface area contributed by atoms with Crippen molar-refractivity contribution in [3.8, 4) is 0 Å². The first-order valence-corrected chi connectivity index (χ1v) is 12.4. The third-order valence-electron chi connectivity index (χ3n) is 7.12. The number of carbonyl (C=O) groups excluding carboxylic acids is 4. The Labute approximate surface area is 205 Å². The van der Waals surface area contributed by atoms with Crippen LogP contribution in [0.15, 0.2) is 60.7 Å². The van der Waals surface area contributed by atoms with Crippen molar-refractivity contribution in [2.24, 2.45) is 0 Å². The number of hydrogen-bond donors (Lipinski definition) is 0. The highest BCUT2D eigenvalue weighted by atomic mass is 16.2. The van der Waals surface area contributed by atoms with Crippen molar-refractivity contribution >= 4 is 34.8 Å². The van der Waals surface area contributed by atoms with Crippen LogP contribution < -0.4 is 0 Å². The minimum atomic E-state index is -0.427. The fraction of sp³-hybridized carbons (Fsp3) is 0.357. The van der Waals surface area contributed by atoms with E-state index in [1.54, 1.807) is 4.90 Å². The second kappa shape index (κ2) is 9.86. The monoisotopic (exact) mass is 471 g/mol. The van der Waals surface area contributed by atoms with Crippen molar-refractivity contribution in [1.82, 2.24) is 14.7 Å². The van der Waals surface area contributed by atoms with Crippen LogP contribution in [0.5, 0.6) is 0 Å². The first kappa shape index (κ1) is 23.0. The normalized spacial score (nSPS) is 20.3. The van der Waals surface area contributed by atoms with Crippen LogP contribution in [-0.2, 0) is 19.2 Å². The smallest absolute Gasteiger partial charge is 0.262 e. The van der Waals surface area contributed by atoms with Crippen LogP contribution in [0.4, 0.5) is 0 Å². The highest BCUT2D eigenvalue weighted by Crippen LogP contribution is 2.35. The average Bonchev–Trinajstić information content (AvgIpc) is 3.64. The van der Waals surface area contributed by atoms with Crippen molar-refractivity contribution in [2.45, 2.75) is 38.1 Å². The Morgan fingerprint density at radius 3 is 1.83 bits per heavy atom. The minimum absolute atomic E-state index is 0.00536. The van der Waals surface area contributed by atoms with E-state index in [0.717, 1.165) is 32.4 Å². The van der Waals surface area contributed by atoms with Crippen LogP contribution >= 0.6 is 0 Å². The largest absolute Gasteiger partial charge is 0.341 e. The molecule has 7 heteroatoms. The Balaban J connectivity index is 1.33. The van der Waals surface area contributed by atoms with Crippen LogP contribution in [0.2, 0.25) is 0 Å². The topological polar surface area (TPSA) is 78.0 Å². The molecular weight excluding hydrogens is 442 g/mol. The molecule has 3 heterocycles. The van der Waals surface area contributed by atoms with E-state index in [2.05, 4.69) is 0 Å². The Hall–Kier alpha value is -3.74. The molecule has 2 aromatic rings. The van der Waals surface area contributed by atoms with Gasteiger partial charge < -0.3 is 9.80 Å². The van der Waals surface area contributed by atoms with Crippen molar-refractivity contribution in [2.75, 3.05) is 26.2 Å². The SMILES string of the molecule is O=C([C@@H]1CCCN1C(=O)CCN1C(=O)C(c2ccccc2)=C(c2ccccc2)C1=O)N1CCCC1. The summed E-state index contributed by atoms with van der Waals surface area (Å²) in [6, 6.07) is 17.9. The van der Waals surface area contributed by atoms with Gasteiger partial charge in [-0.05, 0) is 36.8 Å². The summed E-state index contributed by atoms with van der Waals surface area (Å²) in [5.74, 6) is -0.936. The van der Waals surface area contributed by atoms with E-state index in [-0.39, 0.29) is 36.6 Å². The zero-order valence-corrected chi connectivity index (χ0v) is 19.7. The predicted octanol–water partition coefficient (Wildman–Crippen LogP) is 2.97. The third kappa shape index (κ3) is 4.38. The number of amides is 4. The summed E-state index contributed by atoms with van der Waals surface area (Å²) in [4.78, 5) is 57.6. The molecule has 5 rings (SSSR count). The Kier molecular flexibility index (Phi) is 6.49. The van der Waals surface area contributed by atoms with Crippen LogP contribution in [0.1, 0.15) is 43.2 Å². The molecule has 0 aliphatic carbocycles. The van der Waals surface area contributed by atoms with Crippen molar-refractivity contribution in [3.05, 3.63) is 71.8 Å². The molecule has 0 spiro atoms. The lowest BCUT2D eigenvalue weighted by Gasteiger charge is -2.28. The number of hydrogen-bond acceptors (Lipinski definition) is 4. The molecule has 180 valence electrons. The zero-order valence-electron chi connectivity index (χ0n) is 19.7. The van der Waals surface area contributed by atoms with Gasteiger partial charge in [0.1, 0.15) is 6.04 Å². The summed E-state index contributed by atoms with van der Waals surface area (Å²) in [6.07, 6.45) is 3.47. The molecule has 7 nitrogen and oxygen atoms in total. The van der Waals surface area contributed by atoms with Gasteiger partial charge in [-0.3, -0.25) is 24.1 Å². The number of benzene rings is 2. The average molecular weight is 472 g/mol. The van der Waals surface area contributed by atoms with E-state index >= 15 is 0 Å². The lowest BCUT2D eigenvalue weighted by atomic mass is 9.96. The van der Waals surface area contributed by atoms with Crippen LogP contribution in [-0.4, -0.2) is 70.5 Å². The first-order valence-electron chi connectivity index (χ1n) is 12.4. The first-order chi connectivity index (χ1) is 17.1. The molecule has 3 aliphatic heterocycles. The molecular formula is C28H29N3O4. The Bertz CT molecular complexity index is 1110. The summed E-state index contributed by atoms with van der Waals surface area (Å²) >= 11 is 0. The zero-order chi connectivity index (χ0) is 24.4. The van der Waals surface area contributed by atoms with Crippen molar-refractivity contribution in [1.29, 1.82) is 0 Å². The predicted molar refractivity (Wildman–Crippen MR) is 132 cm³/mol. The minimum Gasteiger partial charge on any atom is -0.341 e. The summed E-state index contributed by atoms with van der Waals surface area (Å²) in [5.41, 5.74) is 2.07. The van der Waals surface area contributed by atoms with Crippen molar-refractivity contribution in [3.63, 3.8) is 0 Å². The van der Waals surface area contributed by atoms with E-state index in [1.165, 1.54) is 4.90 Å². The Morgan fingerprint density at radius 2 is 1.29 bits per heavy atom. The standard InChI is InChI=1S/C28H29N3O4/c32-23(30-18-9-14-22(30)26(33)29-16-7-8-17-29)15-19-31-27(34)24(20-10-3-1-4-11-20)25(28(31)35)21-12-5-2-6-13-21/h1-6,10-13,22H,7-9,14-19H2/t22-/m0/s1. The molecule has 0 aromatic heterocycles. The van der Waals surface area contributed by atoms with Gasteiger partial charge in [0, 0.05) is 32.6 Å². The lowest BCUT2D eigenvalue weighted by molar-refractivity contribution is -0.144. The molecule has 0 N–H and O–H groups in total. The summed E-state index contributed by atoms with van der Waals surface area (Å²) < 4.78 is 0. The second-order valence-corrected chi connectivity index (χ2v) is 9.27. The maximum Gasteiger partial charge on any atom is 0.262 e. The quantitative estimate of drug-likeness (QED) is 0.607. The number of likely N-dealkylation sites (tertiary alicyclic amines) is 2. The Morgan fingerprint density at radius 1 is 0.743 bits per heavy atom. The molecule has 35 heavy (non-hydrogen) atoms. The molecule has 0 bridgehead atoms. The molecule has 2 fully saturated rings. The van der Waals surface area contributed by atoms with Gasteiger partial charge in [-0.15, -0.1) is 0 Å². The third-order valence-corrected chi connectivity index (χ3v) is 7.12. The summed E-state index contributed by atoms with van der Waals surface area (Å²) in [6.45, 7) is 2.03. The highest BCUT2D eigenvalue weighted by Gasteiger charge is 2.41. The van der Waals surface area contributed by atoms with E-state index < -0.39 is 6.04 Å². The highest BCUT2D eigenvalue weighted by molar-refractivity contribution is 6.49. The van der Waals surface area contributed by atoms with E-state index in [9.17, 15) is 19.2 Å². The molecule has 0 radical (unpaired) electrons. The second-order valence-electron chi connectivity index (χ2n) is 9.27. The fourth-order valence-corrected chi connectivity index (χ4v) is 5.35. The van der Waals surface area contributed by atoms with E-state index in [0.29, 0.717) is 35.2 Å². The van der Waals surface area contributed by atoms with Crippen LogP contribution in [0.25, 0.3) is 11.1 Å². The molecule has 2 aromatic carbocycles. The number of imide groups is 1. The van der Waals surface area contributed by atoms with Gasteiger partial charge >= 0.3 is 0 Å². The van der Waals surface area contributed by atoms with Gasteiger partial charge in [0.05, 0.1) is 11.1 Å². The number of rotatable bonds is 6. The molecule has 3 aliphatic rings. The number of carbonyl (C=O) groups is 4. The van der Waals surface area contributed by atoms with E-state index in [4.69, 9.17) is 0 Å². The maximum absolute atomic E-state index is 13.4. The van der Waals surface area contributed by atoms with Gasteiger partial charge in [0.25, 0.3) is 11.8 Å². The lowest BCUT2D eigenvalue weighted by Crippen LogP contribution is -2.47. The molecule has 2 saturated heterocycles.